The molecule has 1 amide bonds. The first-order valence-corrected chi connectivity index (χ1v) is 9.55. The molecule has 0 radical (unpaired) electrons. The lowest BCUT2D eigenvalue weighted by atomic mass is 10.0. The number of hydrogen-bond donors (Lipinski definition) is 0. The molecule has 4 rings (SSSR count). The van der Waals surface area contributed by atoms with E-state index < -0.39 is 22.7 Å². The summed E-state index contributed by atoms with van der Waals surface area (Å²) in [7, 11) is 0. The van der Waals surface area contributed by atoms with Crippen molar-refractivity contribution in [2.45, 2.75) is 25.7 Å². The van der Waals surface area contributed by atoms with Crippen molar-refractivity contribution in [3.63, 3.8) is 0 Å². The summed E-state index contributed by atoms with van der Waals surface area (Å²) in [6.45, 7) is 0.935. The van der Waals surface area contributed by atoms with E-state index in [9.17, 15) is 22.4 Å². The number of carbonyl (C=O) groups excluding carboxylic acids is 1. The van der Waals surface area contributed by atoms with E-state index in [1.54, 1.807) is 23.0 Å². The van der Waals surface area contributed by atoms with E-state index in [1.807, 2.05) is 0 Å². The first-order valence-electron chi connectivity index (χ1n) is 9.17. The lowest BCUT2D eigenvalue weighted by molar-refractivity contribution is -0.137. The maximum absolute atomic E-state index is 13.1. The maximum Gasteiger partial charge on any atom is 0.417 e. The van der Waals surface area contributed by atoms with Crippen LogP contribution in [0.1, 0.15) is 32.7 Å². The van der Waals surface area contributed by atoms with Crippen molar-refractivity contribution in [2.24, 2.45) is 0 Å². The minimum absolute atomic E-state index is 0.181. The maximum atomic E-state index is 13.1. The second-order valence-corrected chi connectivity index (χ2v) is 7.42. The van der Waals surface area contributed by atoms with Crippen LogP contribution in [0, 0.1) is 5.82 Å². The Morgan fingerprint density at radius 2 is 1.87 bits per heavy atom. The van der Waals surface area contributed by atoms with Crippen LogP contribution < -0.4 is 0 Å². The van der Waals surface area contributed by atoms with Gasteiger partial charge in [0.1, 0.15) is 5.82 Å². The molecule has 0 fully saturated rings. The van der Waals surface area contributed by atoms with Crippen LogP contribution in [0.25, 0.3) is 0 Å². The molecule has 4 nitrogen and oxygen atoms in total. The molecule has 2 aromatic carbocycles. The summed E-state index contributed by atoms with van der Waals surface area (Å²) in [5.41, 5.74) is 1.39. The van der Waals surface area contributed by atoms with Crippen molar-refractivity contribution < 1.29 is 22.4 Å². The largest absolute Gasteiger partial charge is 0.417 e. The molecule has 156 valence electrons. The van der Waals surface area contributed by atoms with Crippen LogP contribution in [-0.4, -0.2) is 27.1 Å². The SMILES string of the molecule is O=C(c1cccc(C(F)(F)F)c1Cl)N1CCc2cnn(Cc3ccc(F)cc3)c2C1. The monoisotopic (exact) mass is 437 g/mol. The van der Waals surface area contributed by atoms with E-state index in [-0.39, 0.29) is 17.9 Å². The molecule has 0 spiro atoms. The predicted molar refractivity (Wildman–Crippen MR) is 103 cm³/mol. The smallest absolute Gasteiger partial charge is 0.332 e. The Hall–Kier alpha value is -2.87. The second kappa shape index (κ2) is 7.75. The van der Waals surface area contributed by atoms with Gasteiger partial charge in [-0.2, -0.15) is 18.3 Å². The van der Waals surface area contributed by atoms with Gasteiger partial charge in [0.2, 0.25) is 0 Å². The molecule has 1 aliphatic rings. The average Bonchev–Trinajstić information content (AvgIpc) is 3.10. The highest BCUT2D eigenvalue weighted by atomic mass is 35.5. The summed E-state index contributed by atoms with van der Waals surface area (Å²) in [6, 6.07) is 9.34. The second-order valence-electron chi connectivity index (χ2n) is 7.04. The fraction of sp³-hybridized carbons (Fsp3) is 0.238. The Morgan fingerprint density at radius 1 is 1.13 bits per heavy atom. The standard InChI is InChI=1S/C21H16ClF4N3O/c22-19-16(2-1-3-17(19)21(24,25)26)20(30)28-9-8-14-10-27-29(18(14)12-28)11-13-4-6-15(23)7-5-13/h1-7,10H,8-9,11-12H2. The molecule has 3 aromatic rings. The average molecular weight is 438 g/mol. The van der Waals surface area contributed by atoms with E-state index in [0.717, 1.165) is 22.9 Å². The number of rotatable bonds is 3. The lowest BCUT2D eigenvalue weighted by Gasteiger charge is -2.28. The van der Waals surface area contributed by atoms with Gasteiger partial charge in [-0.05, 0) is 41.8 Å². The van der Waals surface area contributed by atoms with Gasteiger partial charge in [-0.15, -0.1) is 0 Å². The first kappa shape index (κ1) is 20.4. The van der Waals surface area contributed by atoms with Crippen LogP contribution in [0.15, 0.2) is 48.7 Å². The van der Waals surface area contributed by atoms with E-state index in [2.05, 4.69) is 5.10 Å². The number of halogens is 5. The van der Waals surface area contributed by atoms with E-state index in [4.69, 9.17) is 11.6 Å². The summed E-state index contributed by atoms with van der Waals surface area (Å²) in [5.74, 6) is -0.901. The Morgan fingerprint density at radius 3 is 2.57 bits per heavy atom. The fourth-order valence-corrected chi connectivity index (χ4v) is 3.83. The van der Waals surface area contributed by atoms with Crippen molar-refractivity contribution in [1.29, 1.82) is 0 Å². The Labute approximate surface area is 174 Å². The molecule has 1 aromatic heterocycles. The molecular formula is C21H16ClF4N3O. The molecular weight excluding hydrogens is 422 g/mol. The molecule has 9 heteroatoms. The normalized spacial score (nSPS) is 14.0. The number of alkyl halides is 3. The van der Waals surface area contributed by atoms with Crippen LogP contribution in [0.4, 0.5) is 17.6 Å². The number of fused-ring (bicyclic) bond motifs is 1. The van der Waals surface area contributed by atoms with Gasteiger partial charge in [0.25, 0.3) is 5.91 Å². The highest BCUT2D eigenvalue weighted by Gasteiger charge is 2.35. The fourth-order valence-electron chi connectivity index (χ4n) is 3.52. The lowest BCUT2D eigenvalue weighted by Crippen LogP contribution is -2.37. The Balaban J connectivity index is 1.58. The van der Waals surface area contributed by atoms with E-state index in [1.165, 1.54) is 29.2 Å². The van der Waals surface area contributed by atoms with Crippen molar-refractivity contribution in [2.75, 3.05) is 6.54 Å². The third-order valence-electron chi connectivity index (χ3n) is 5.09. The van der Waals surface area contributed by atoms with Gasteiger partial charge < -0.3 is 4.90 Å². The minimum atomic E-state index is -4.64. The quantitative estimate of drug-likeness (QED) is 0.544. The van der Waals surface area contributed by atoms with Crippen LogP contribution in [0.5, 0.6) is 0 Å². The first-order chi connectivity index (χ1) is 14.2. The number of aromatic nitrogens is 2. The van der Waals surface area contributed by atoms with Gasteiger partial charge in [0.05, 0.1) is 41.1 Å². The van der Waals surface area contributed by atoms with Gasteiger partial charge in [-0.3, -0.25) is 9.48 Å². The molecule has 0 aliphatic carbocycles. The molecule has 1 aliphatic heterocycles. The summed E-state index contributed by atoms with van der Waals surface area (Å²) in [6.07, 6.45) is -2.39. The third kappa shape index (κ3) is 3.92. The summed E-state index contributed by atoms with van der Waals surface area (Å²) < 4.78 is 54.2. The number of benzene rings is 2. The number of hydrogen-bond acceptors (Lipinski definition) is 2. The van der Waals surface area contributed by atoms with E-state index in [0.29, 0.717) is 19.5 Å². The Bertz CT molecular complexity index is 1090. The highest BCUT2D eigenvalue weighted by Crippen LogP contribution is 2.37. The van der Waals surface area contributed by atoms with E-state index >= 15 is 0 Å². The van der Waals surface area contributed by atoms with Crippen molar-refractivity contribution in [3.05, 3.63) is 87.4 Å². The van der Waals surface area contributed by atoms with Crippen LogP contribution in [0.2, 0.25) is 5.02 Å². The summed E-state index contributed by atoms with van der Waals surface area (Å²) in [4.78, 5) is 14.4. The zero-order valence-corrected chi connectivity index (χ0v) is 16.3. The molecule has 0 bridgehead atoms. The van der Waals surface area contributed by atoms with Gasteiger partial charge in [0, 0.05) is 6.54 Å². The molecule has 0 atom stereocenters. The molecule has 0 saturated heterocycles. The zero-order valence-electron chi connectivity index (χ0n) is 15.6. The van der Waals surface area contributed by atoms with Gasteiger partial charge in [-0.25, -0.2) is 4.39 Å². The predicted octanol–water partition coefficient (Wildman–Crippen LogP) is 4.94. The summed E-state index contributed by atoms with van der Waals surface area (Å²) >= 11 is 5.92. The molecule has 2 heterocycles. The summed E-state index contributed by atoms with van der Waals surface area (Å²) in [5, 5.41) is 3.76. The molecule has 0 unspecified atom stereocenters. The van der Waals surface area contributed by atoms with Crippen LogP contribution in [-0.2, 0) is 25.7 Å². The highest BCUT2D eigenvalue weighted by molar-refractivity contribution is 6.34. The van der Waals surface area contributed by atoms with Crippen molar-refractivity contribution in [3.8, 4) is 0 Å². The van der Waals surface area contributed by atoms with Crippen molar-refractivity contribution >= 4 is 17.5 Å². The molecule has 30 heavy (non-hydrogen) atoms. The van der Waals surface area contributed by atoms with Gasteiger partial charge >= 0.3 is 6.18 Å². The zero-order chi connectivity index (χ0) is 21.5. The van der Waals surface area contributed by atoms with Gasteiger partial charge in [-0.1, -0.05) is 29.8 Å². The third-order valence-corrected chi connectivity index (χ3v) is 5.50. The van der Waals surface area contributed by atoms with Crippen LogP contribution in [0.3, 0.4) is 0 Å². The topological polar surface area (TPSA) is 38.1 Å². The number of carbonyl (C=O) groups is 1. The molecule has 0 saturated carbocycles. The minimum Gasteiger partial charge on any atom is -0.332 e. The van der Waals surface area contributed by atoms with Crippen molar-refractivity contribution in [1.82, 2.24) is 14.7 Å². The van der Waals surface area contributed by atoms with Crippen LogP contribution >= 0.6 is 11.6 Å². The number of nitrogens with zero attached hydrogens (tertiary/aromatic N) is 3. The van der Waals surface area contributed by atoms with Gasteiger partial charge in [0.15, 0.2) is 0 Å². The Kier molecular flexibility index (Phi) is 5.27. The molecule has 0 N–H and O–H groups in total. The number of amides is 1.